The smallest absolute Gasteiger partial charge is 0.0991 e. The molecule has 20 atom stereocenters. The van der Waals surface area contributed by atoms with E-state index < -0.39 is 73.2 Å². The lowest BCUT2D eigenvalue weighted by molar-refractivity contribution is -0.0423. The number of aliphatic hydroxyl groups excluding tert-OH is 12. The van der Waals surface area contributed by atoms with Crippen LogP contribution in [0.5, 0.6) is 0 Å². The van der Waals surface area contributed by atoms with Gasteiger partial charge in [-0.15, -0.1) is 0 Å². The highest BCUT2D eigenvalue weighted by Gasteiger charge is 2.50. The predicted octanol–water partition coefficient (Wildman–Crippen LogP) is -4.26. The third-order valence-electron chi connectivity index (χ3n) is 13.5. The lowest BCUT2D eigenvalue weighted by Gasteiger charge is -2.39. The number of fused-ring (bicyclic) bond motifs is 4. The molecule has 16 heteroatoms. The fourth-order valence-corrected chi connectivity index (χ4v) is 10.2. The normalized spacial score (nSPS) is 52.2. The monoisotopic (exact) mass is 748 g/mol. The zero-order valence-electron chi connectivity index (χ0n) is 31.2. The van der Waals surface area contributed by atoms with Crippen molar-refractivity contribution in [3.63, 3.8) is 0 Å². The molecule has 8 saturated heterocycles. The third kappa shape index (κ3) is 8.67. The molecule has 0 aromatic heterocycles. The molecule has 0 aromatic rings. The molecule has 0 saturated carbocycles. The Morgan fingerprint density at radius 3 is 0.596 bits per heavy atom. The van der Waals surface area contributed by atoms with Gasteiger partial charge in [-0.05, 0) is 79.1 Å². The minimum absolute atomic E-state index is 0.251. The Morgan fingerprint density at radius 1 is 0.269 bits per heavy atom. The molecule has 8 fully saturated rings. The zero-order chi connectivity index (χ0) is 38.3. The topological polar surface area (TPSA) is 256 Å². The highest BCUT2D eigenvalue weighted by molar-refractivity contribution is 5.04. The minimum Gasteiger partial charge on any atom is -0.391 e. The van der Waals surface area contributed by atoms with Gasteiger partial charge in [0.05, 0.1) is 97.4 Å². The van der Waals surface area contributed by atoms with Crippen molar-refractivity contribution in [3.05, 3.63) is 0 Å². The van der Waals surface area contributed by atoms with E-state index in [4.69, 9.17) is 0 Å². The number of hydrogen-bond acceptors (Lipinski definition) is 16. The molecular formula is C36H68N4O12. The summed E-state index contributed by atoms with van der Waals surface area (Å²) in [6.45, 7) is 10.3. The molecule has 6 unspecified atom stereocenters. The first-order chi connectivity index (χ1) is 24.4. The first-order valence-electron chi connectivity index (χ1n) is 19.6. The summed E-state index contributed by atoms with van der Waals surface area (Å²) in [5.41, 5.74) is 0. The lowest BCUT2D eigenvalue weighted by atomic mass is 9.93. The summed E-state index contributed by atoms with van der Waals surface area (Å²) >= 11 is 0. The molecular weight excluding hydrogens is 680 g/mol. The molecule has 0 aromatic carbocycles. The van der Waals surface area contributed by atoms with Crippen LogP contribution < -0.4 is 0 Å². The van der Waals surface area contributed by atoms with Crippen molar-refractivity contribution in [1.82, 2.24) is 19.6 Å². The van der Waals surface area contributed by atoms with Crippen LogP contribution in [0.3, 0.4) is 0 Å². The molecule has 8 heterocycles. The summed E-state index contributed by atoms with van der Waals surface area (Å²) in [5.74, 6) is 0. The molecule has 0 spiro atoms. The van der Waals surface area contributed by atoms with Crippen molar-refractivity contribution < 1.29 is 61.3 Å². The van der Waals surface area contributed by atoms with Gasteiger partial charge < -0.3 is 61.3 Å². The molecule has 12 N–H and O–H groups in total. The quantitative estimate of drug-likeness (QED) is 0.112. The van der Waals surface area contributed by atoms with Gasteiger partial charge in [-0.3, -0.25) is 19.6 Å². The second kappa shape index (κ2) is 17.7. The maximum absolute atomic E-state index is 9.67. The van der Waals surface area contributed by atoms with Gasteiger partial charge in [-0.1, -0.05) is 0 Å². The number of rotatable bonds is 0. The van der Waals surface area contributed by atoms with Gasteiger partial charge in [0, 0.05) is 50.3 Å². The fraction of sp³-hybridized carbons (Fsp3) is 1.00. The van der Waals surface area contributed by atoms with E-state index >= 15 is 0 Å². The Balaban J connectivity index is 0.000000134. The van der Waals surface area contributed by atoms with Crippen LogP contribution in [0.1, 0.15) is 79.1 Å². The highest BCUT2D eigenvalue weighted by Crippen LogP contribution is 2.34. The number of aliphatic hydroxyl groups is 12. The lowest BCUT2D eigenvalue weighted by Crippen LogP contribution is -2.52. The third-order valence-corrected chi connectivity index (χ3v) is 13.5. The Bertz CT molecular complexity index is 965. The van der Waals surface area contributed by atoms with E-state index in [1.807, 2.05) is 19.6 Å². The summed E-state index contributed by atoms with van der Waals surface area (Å²) in [7, 11) is 0. The van der Waals surface area contributed by atoms with Crippen molar-refractivity contribution in [3.8, 4) is 0 Å². The summed E-state index contributed by atoms with van der Waals surface area (Å²) in [6.07, 6.45) is -1.15. The second-order valence-electron chi connectivity index (χ2n) is 17.0. The first kappa shape index (κ1) is 42.5. The van der Waals surface area contributed by atoms with E-state index in [0.717, 1.165) is 51.4 Å². The number of hydrogen-bond donors (Lipinski definition) is 12. The predicted molar refractivity (Wildman–Crippen MR) is 189 cm³/mol. The first-order valence-corrected chi connectivity index (χ1v) is 19.6. The Kier molecular flexibility index (Phi) is 14.4. The molecule has 0 amide bonds. The van der Waals surface area contributed by atoms with Crippen LogP contribution in [0.25, 0.3) is 0 Å². The average molecular weight is 749 g/mol. The average Bonchev–Trinajstić information content (AvgIpc) is 3.80. The Morgan fingerprint density at radius 2 is 0.442 bits per heavy atom. The van der Waals surface area contributed by atoms with Gasteiger partial charge in [0.25, 0.3) is 0 Å². The molecule has 8 aliphatic rings. The summed E-state index contributed by atoms with van der Waals surface area (Å²) in [5, 5.41) is 115. The van der Waals surface area contributed by atoms with Crippen LogP contribution in [0.2, 0.25) is 0 Å². The standard InChI is InChI=1S/4C9H17NO3/c4*1-5-2-3-6(11)8-9(13)7(12)4-10(5)8/h4*5-9,11-13H,2-4H2,1H3/t2*5?,6?,7-,8+,9?;5-,6+,7+,8+,9+;5-,6-,7-,8-,9-/m0001/s1. The van der Waals surface area contributed by atoms with Gasteiger partial charge in [0.15, 0.2) is 0 Å². The van der Waals surface area contributed by atoms with E-state index in [1.54, 1.807) is 0 Å². The molecule has 0 aliphatic carbocycles. The second-order valence-corrected chi connectivity index (χ2v) is 17.0. The van der Waals surface area contributed by atoms with Gasteiger partial charge in [0.2, 0.25) is 0 Å². The van der Waals surface area contributed by atoms with Crippen molar-refractivity contribution in [2.45, 2.75) is 201 Å². The highest BCUT2D eigenvalue weighted by atomic mass is 16.4. The van der Waals surface area contributed by atoms with Gasteiger partial charge >= 0.3 is 0 Å². The minimum atomic E-state index is -0.780. The van der Waals surface area contributed by atoms with Crippen LogP contribution in [-0.4, -0.2) is 229 Å². The zero-order valence-corrected chi connectivity index (χ0v) is 31.2. The van der Waals surface area contributed by atoms with Crippen LogP contribution in [0, 0.1) is 0 Å². The van der Waals surface area contributed by atoms with Gasteiger partial charge in [-0.25, -0.2) is 0 Å². The van der Waals surface area contributed by atoms with Gasteiger partial charge in [0.1, 0.15) is 0 Å². The van der Waals surface area contributed by atoms with E-state index in [1.165, 1.54) is 0 Å². The molecule has 0 radical (unpaired) electrons. The van der Waals surface area contributed by atoms with E-state index in [2.05, 4.69) is 27.7 Å². The van der Waals surface area contributed by atoms with Crippen LogP contribution in [0.4, 0.5) is 0 Å². The van der Waals surface area contributed by atoms with Crippen molar-refractivity contribution in [2.24, 2.45) is 0 Å². The SMILES string of the molecule is CC1CCC(O)[C@@H]2C(O)[C@@H](O)CN12.CC1CCC(O)[C@@H]2C(O)[C@@H](O)CN12.C[C@@H]1CC[C@@H](O)[C@@H]2[C@H](O)[C@H](O)CN21.C[C@H]1CC[C@@H](O)[C@@H]2[C@H](O)[C@H](O)CN21. The molecule has 16 nitrogen and oxygen atoms in total. The Hall–Kier alpha value is -0.640. The number of nitrogens with zero attached hydrogens (tertiary/aromatic N) is 4. The molecule has 8 aliphatic heterocycles. The summed E-state index contributed by atoms with van der Waals surface area (Å²) in [4.78, 5) is 8.07. The summed E-state index contributed by atoms with van der Waals surface area (Å²) < 4.78 is 0. The van der Waals surface area contributed by atoms with E-state index in [-0.39, 0.29) is 24.2 Å². The van der Waals surface area contributed by atoms with Crippen LogP contribution in [-0.2, 0) is 0 Å². The van der Waals surface area contributed by atoms with Gasteiger partial charge in [-0.2, -0.15) is 0 Å². The largest absolute Gasteiger partial charge is 0.391 e. The fourth-order valence-electron chi connectivity index (χ4n) is 10.2. The van der Waals surface area contributed by atoms with Crippen molar-refractivity contribution in [2.75, 3.05) is 26.2 Å². The van der Waals surface area contributed by atoms with E-state index in [9.17, 15) is 61.3 Å². The Labute approximate surface area is 307 Å². The van der Waals surface area contributed by atoms with Crippen molar-refractivity contribution >= 4 is 0 Å². The molecule has 304 valence electrons. The number of piperidine rings is 4. The van der Waals surface area contributed by atoms with Crippen LogP contribution in [0.15, 0.2) is 0 Å². The van der Waals surface area contributed by atoms with Crippen molar-refractivity contribution in [1.29, 1.82) is 0 Å². The molecule has 8 rings (SSSR count). The van der Waals surface area contributed by atoms with E-state index in [0.29, 0.717) is 50.3 Å². The summed E-state index contributed by atoms with van der Waals surface area (Å²) in [6, 6.07) is 0.441. The maximum Gasteiger partial charge on any atom is 0.0991 e. The van der Waals surface area contributed by atoms with Crippen LogP contribution >= 0.6 is 0 Å². The molecule has 52 heavy (non-hydrogen) atoms. The maximum atomic E-state index is 9.67. The molecule has 0 bridgehead atoms.